The Morgan fingerprint density at radius 2 is 1.79 bits per heavy atom. The summed E-state index contributed by atoms with van der Waals surface area (Å²) in [7, 11) is 0. The molecule has 0 unspecified atom stereocenters. The molecule has 0 aliphatic rings. The van der Waals surface area contributed by atoms with Gasteiger partial charge in [-0.1, -0.05) is 0 Å². The number of hydrogen-bond donors (Lipinski definition) is 2. The molecule has 0 radical (unpaired) electrons. The van der Waals surface area contributed by atoms with Gasteiger partial charge in [0.05, 0.1) is 12.2 Å². The van der Waals surface area contributed by atoms with Crippen LogP contribution in [0.2, 0.25) is 0 Å². The van der Waals surface area contributed by atoms with Crippen molar-refractivity contribution in [3.63, 3.8) is 0 Å². The van der Waals surface area contributed by atoms with Crippen LogP contribution < -0.4 is 10.6 Å². The van der Waals surface area contributed by atoms with Gasteiger partial charge in [-0.25, -0.2) is 4.79 Å². The van der Waals surface area contributed by atoms with Gasteiger partial charge in [-0.2, -0.15) is 0 Å². The summed E-state index contributed by atoms with van der Waals surface area (Å²) in [6, 6.07) is 7.34. The molecular weight excluding hydrogens is 240 g/mol. The fraction of sp³-hybridized carbons (Fsp3) is 0.533. The normalized spacial score (nSPS) is 11.2. The smallest absolute Gasteiger partial charge is 0.338 e. The number of hydrogen-bond acceptors (Lipinski definition) is 4. The van der Waals surface area contributed by atoms with E-state index in [1.807, 2.05) is 12.1 Å². The predicted molar refractivity (Wildman–Crippen MR) is 78.6 cm³/mol. The van der Waals surface area contributed by atoms with Crippen LogP contribution in [0, 0.1) is 0 Å². The maximum atomic E-state index is 11.5. The average Bonchev–Trinajstić information content (AvgIpc) is 2.34. The first kappa shape index (κ1) is 15.5. The number of esters is 1. The Labute approximate surface area is 115 Å². The van der Waals surface area contributed by atoms with Crippen LogP contribution in [-0.4, -0.2) is 31.2 Å². The summed E-state index contributed by atoms with van der Waals surface area (Å²) in [5, 5.41) is 6.70. The van der Waals surface area contributed by atoms with Crippen molar-refractivity contribution in [2.24, 2.45) is 0 Å². The van der Waals surface area contributed by atoms with Gasteiger partial charge in [0.25, 0.3) is 0 Å². The van der Waals surface area contributed by atoms with Crippen molar-refractivity contribution in [3.8, 4) is 0 Å². The monoisotopic (exact) mass is 264 g/mol. The predicted octanol–water partition coefficient (Wildman–Crippen LogP) is 2.66. The van der Waals surface area contributed by atoms with Crippen molar-refractivity contribution < 1.29 is 9.53 Å². The molecule has 4 heteroatoms. The molecule has 0 aliphatic heterocycles. The van der Waals surface area contributed by atoms with Crippen LogP contribution in [0.25, 0.3) is 0 Å². The molecule has 2 N–H and O–H groups in total. The highest BCUT2D eigenvalue weighted by Crippen LogP contribution is 2.10. The van der Waals surface area contributed by atoms with Gasteiger partial charge < -0.3 is 15.4 Å². The number of carbonyl (C=O) groups excluding carboxylic acids is 1. The summed E-state index contributed by atoms with van der Waals surface area (Å²) in [4.78, 5) is 11.5. The zero-order valence-electron chi connectivity index (χ0n) is 12.2. The van der Waals surface area contributed by atoms with E-state index >= 15 is 0 Å². The minimum atomic E-state index is -0.275. The van der Waals surface area contributed by atoms with Crippen molar-refractivity contribution in [1.82, 2.24) is 5.32 Å². The first-order valence-electron chi connectivity index (χ1n) is 6.68. The van der Waals surface area contributed by atoms with Gasteiger partial charge in [0, 0.05) is 24.3 Å². The molecule has 0 aromatic heterocycles. The zero-order valence-corrected chi connectivity index (χ0v) is 12.2. The highest BCUT2D eigenvalue weighted by atomic mass is 16.5. The summed E-state index contributed by atoms with van der Waals surface area (Å²) < 4.78 is 4.93. The van der Waals surface area contributed by atoms with E-state index in [-0.39, 0.29) is 11.5 Å². The van der Waals surface area contributed by atoms with Gasteiger partial charge in [-0.15, -0.1) is 0 Å². The Morgan fingerprint density at radius 3 is 2.32 bits per heavy atom. The van der Waals surface area contributed by atoms with Gasteiger partial charge in [0.1, 0.15) is 0 Å². The summed E-state index contributed by atoms with van der Waals surface area (Å²) >= 11 is 0. The molecule has 0 bridgehead atoms. The molecular formula is C15H24N2O2. The topological polar surface area (TPSA) is 50.4 Å². The van der Waals surface area contributed by atoms with E-state index in [1.54, 1.807) is 19.1 Å². The van der Waals surface area contributed by atoms with E-state index in [0.717, 1.165) is 18.8 Å². The molecule has 0 amide bonds. The van der Waals surface area contributed by atoms with Gasteiger partial charge in [0.2, 0.25) is 0 Å². The molecule has 106 valence electrons. The Morgan fingerprint density at radius 1 is 1.16 bits per heavy atom. The van der Waals surface area contributed by atoms with E-state index < -0.39 is 0 Å². The number of benzene rings is 1. The summed E-state index contributed by atoms with van der Waals surface area (Å²) in [5.41, 5.74) is 1.72. The second-order valence-electron chi connectivity index (χ2n) is 5.40. The highest BCUT2D eigenvalue weighted by molar-refractivity contribution is 5.89. The molecule has 4 nitrogen and oxygen atoms in total. The lowest BCUT2D eigenvalue weighted by atomic mass is 10.1. The Hall–Kier alpha value is -1.55. The first-order valence-corrected chi connectivity index (χ1v) is 6.68. The lowest BCUT2D eigenvalue weighted by Gasteiger charge is -2.20. The van der Waals surface area contributed by atoms with Crippen molar-refractivity contribution in [3.05, 3.63) is 29.8 Å². The second-order valence-corrected chi connectivity index (χ2v) is 5.40. The molecule has 0 spiro atoms. The highest BCUT2D eigenvalue weighted by Gasteiger charge is 2.07. The van der Waals surface area contributed by atoms with Crippen molar-refractivity contribution in [2.45, 2.75) is 33.2 Å². The summed E-state index contributed by atoms with van der Waals surface area (Å²) in [6.45, 7) is 10.4. The molecule has 0 heterocycles. The fourth-order valence-corrected chi connectivity index (χ4v) is 1.58. The third kappa shape index (κ3) is 6.25. The largest absolute Gasteiger partial charge is 0.462 e. The van der Waals surface area contributed by atoms with Crippen molar-refractivity contribution in [1.29, 1.82) is 0 Å². The average molecular weight is 264 g/mol. The van der Waals surface area contributed by atoms with E-state index in [4.69, 9.17) is 4.74 Å². The lowest BCUT2D eigenvalue weighted by molar-refractivity contribution is 0.0526. The minimum Gasteiger partial charge on any atom is -0.462 e. The van der Waals surface area contributed by atoms with E-state index in [1.165, 1.54) is 0 Å². The van der Waals surface area contributed by atoms with Crippen molar-refractivity contribution >= 4 is 11.7 Å². The molecule has 19 heavy (non-hydrogen) atoms. The third-order valence-electron chi connectivity index (χ3n) is 2.51. The fourth-order valence-electron chi connectivity index (χ4n) is 1.58. The summed E-state index contributed by atoms with van der Waals surface area (Å²) in [6.07, 6.45) is 0. The molecule has 0 aliphatic carbocycles. The Bertz CT molecular complexity index is 394. The quantitative estimate of drug-likeness (QED) is 0.612. The van der Waals surface area contributed by atoms with Crippen LogP contribution in [0.1, 0.15) is 38.1 Å². The molecule has 0 saturated heterocycles. The molecule has 0 atom stereocenters. The van der Waals surface area contributed by atoms with Crippen LogP contribution in [0.3, 0.4) is 0 Å². The summed E-state index contributed by atoms with van der Waals surface area (Å²) in [5.74, 6) is -0.275. The van der Waals surface area contributed by atoms with E-state index in [9.17, 15) is 4.79 Å². The van der Waals surface area contributed by atoms with E-state index in [2.05, 4.69) is 31.4 Å². The minimum absolute atomic E-state index is 0.134. The molecule has 1 aromatic carbocycles. The molecule has 0 saturated carbocycles. The lowest BCUT2D eigenvalue weighted by Crippen LogP contribution is -2.38. The van der Waals surface area contributed by atoms with Gasteiger partial charge in [-0.3, -0.25) is 0 Å². The maximum Gasteiger partial charge on any atom is 0.338 e. The molecule has 1 rings (SSSR count). The van der Waals surface area contributed by atoms with Crippen LogP contribution in [0.15, 0.2) is 24.3 Å². The SMILES string of the molecule is CCOC(=O)c1ccc(NCCNC(C)(C)C)cc1. The van der Waals surface area contributed by atoms with Gasteiger partial charge in [0.15, 0.2) is 0 Å². The second kappa shape index (κ2) is 7.14. The number of carbonyl (C=O) groups is 1. The first-order chi connectivity index (χ1) is 8.92. The van der Waals surface area contributed by atoms with Crippen LogP contribution in [-0.2, 0) is 4.74 Å². The van der Waals surface area contributed by atoms with Crippen LogP contribution in [0.4, 0.5) is 5.69 Å². The Kier molecular flexibility index (Phi) is 5.83. The number of anilines is 1. The zero-order chi connectivity index (χ0) is 14.3. The maximum absolute atomic E-state index is 11.5. The van der Waals surface area contributed by atoms with Gasteiger partial charge >= 0.3 is 5.97 Å². The van der Waals surface area contributed by atoms with Crippen LogP contribution in [0.5, 0.6) is 0 Å². The Balaban J connectivity index is 2.38. The van der Waals surface area contributed by atoms with Crippen LogP contribution >= 0.6 is 0 Å². The number of rotatable bonds is 6. The number of nitrogens with one attached hydrogen (secondary N) is 2. The standard InChI is InChI=1S/C15H24N2O2/c1-5-19-14(18)12-6-8-13(9-7-12)16-10-11-17-15(2,3)4/h6-9,16-17H,5,10-11H2,1-4H3. The van der Waals surface area contributed by atoms with Crippen molar-refractivity contribution in [2.75, 3.05) is 25.0 Å². The number of ether oxygens (including phenoxy) is 1. The molecule has 0 fully saturated rings. The third-order valence-corrected chi connectivity index (χ3v) is 2.51. The van der Waals surface area contributed by atoms with E-state index in [0.29, 0.717) is 12.2 Å². The van der Waals surface area contributed by atoms with Gasteiger partial charge in [-0.05, 0) is 52.0 Å². The molecule has 1 aromatic rings.